The van der Waals surface area contributed by atoms with Gasteiger partial charge in [-0.05, 0) is 37.3 Å². The third kappa shape index (κ3) is 4.51. The van der Waals surface area contributed by atoms with Crippen molar-refractivity contribution < 1.29 is 9.59 Å². The molecule has 33 heavy (non-hydrogen) atoms. The van der Waals surface area contributed by atoms with E-state index in [4.69, 9.17) is 0 Å². The summed E-state index contributed by atoms with van der Waals surface area (Å²) in [5.41, 5.74) is 2.07. The molecule has 2 aliphatic heterocycles. The molecule has 174 valence electrons. The Kier molecular flexibility index (Phi) is 6.15. The molecule has 3 aromatic rings. The van der Waals surface area contributed by atoms with Crippen LogP contribution in [0.5, 0.6) is 0 Å². The van der Waals surface area contributed by atoms with Crippen LogP contribution in [0.3, 0.4) is 0 Å². The lowest BCUT2D eigenvalue weighted by Gasteiger charge is -2.35. The molecule has 0 radical (unpaired) electrons. The fraction of sp³-hybridized carbons (Fsp3) is 0.520. The molecule has 0 bridgehead atoms. The number of nitrogens with one attached hydrogen (secondary N) is 2. The summed E-state index contributed by atoms with van der Waals surface area (Å²) >= 11 is 0. The van der Waals surface area contributed by atoms with Crippen LogP contribution in [0.4, 0.5) is 0 Å². The van der Waals surface area contributed by atoms with Crippen molar-refractivity contribution in [2.24, 2.45) is 0 Å². The highest BCUT2D eigenvalue weighted by atomic mass is 16.2. The highest BCUT2D eigenvalue weighted by molar-refractivity contribution is 5.89. The summed E-state index contributed by atoms with van der Waals surface area (Å²) in [6.45, 7) is 3.78. The minimum Gasteiger partial charge on any atom is -0.361 e. The quantitative estimate of drug-likeness (QED) is 0.627. The van der Waals surface area contributed by atoms with Gasteiger partial charge in [0.15, 0.2) is 0 Å². The van der Waals surface area contributed by atoms with E-state index in [1.54, 1.807) is 0 Å². The number of fused-ring (bicyclic) bond motifs is 2. The summed E-state index contributed by atoms with van der Waals surface area (Å²) < 4.78 is 2.29. The summed E-state index contributed by atoms with van der Waals surface area (Å²) in [5, 5.41) is 13.0. The second kappa shape index (κ2) is 9.37. The number of aryl methyl sites for hydroxylation is 1. The van der Waals surface area contributed by atoms with Crippen molar-refractivity contribution in [3.05, 3.63) is 47.7 Å². The summed E-state index contributed by atoms with van der Waals surface area (Å²) in [4.78, 5) is 30.8. The smallest absolute Gasteiger partial charge is 0.245 e. The number of hydrogen-bond donors (Lipinski definition) is 2. The number of carbonyl (C=O) groups excluding carboxylic acids is 2. The molecule has 8 heteroatoms. The summed E-state index contributed by atoms with van der Waals surface area (Å²) in [6, 6.07) is 7.45. The monoisotopic (exact) mass is 448 g/mol. The number of benzene rings is 1. The zero-order valence-corrected chi connectivity index (χ0v) is 19.2. The van der Waals surface area contributed by atoms with Crippen LogP contribution in [0.25, 0.3) is 10.9 Å². The maximum Gasteiger partial charge on any atom is 0.245 e. The van der Waals surface area contributed by atoms with Gasteiger partial charge in [-0.2, -0.15) is 0 Å². The molecule has 5 rings (SSSR count). The van der Waals surface area contributed by atoms with Gasteiger partial charge in [0.2, 0.25) is 11.8 Å². The third-order valence-corrected chi connectivity index (χ3v) is 7.01. The molecule has 0 spiro atoms. The number of hydrogen-bond acceptors (Lipinski definition) is 4. The van der Waals surface area contributed by atoms with E-state index in [0.29, 0.717) is 19.5 Å². The van der Waals surface area contributed by atoms with E-state index in [1.165, 1.54) is 19.8 Å². The molecule has 2 aromatic heterocycles. The van der Waals surface area contributed by atoms with Crippen LogP contribution in [-0.2, 0) is 29.0 Å². The molecule has 4 heterocycles. The Morgan fingerprint density at radius 1 is 1.15 bits per heavy atom. The molecule has 0 saturated carbocycles. The van der Waals surface area contributed by atoms with E-state index in [9.17, 15) is 9.59 Å². The van der Waals surface area contributed by atoms with Crippen LogP contribution < -0.4 is 5.32 Å². The highest BCUT2D eigenvalue weighted by Gasteiger charge is 2.33. The fourth-order valence-electron chi connectivity index (χ4n) is 5.38. The first-order chi connectivity index (χ1) is 16.1. The first-order valence-electron chi connectivity index (χ1n) is 12.1. The number of rotatable bonds is 5. The number of piperidine rings is 1. The molecule has 8 nitrogen and oxygen atoms in total. The number of nitrogens with zero attached hydrogens (tertiary/aromatic N) is 4. The molecular weight excluding hydrogens is 416 g/mol. The summed E-state index contributed by atoms with van der Waals surface area (Å²) in [5.74, 6) is 2.09. The first kappa shape index (κ1) is 21.7. The molecular formula is C25H32N6O2. The Labute approximate surface area is 193 Å². The van der Waals surface area contributed by atoms with Crippen LogP contribution in [0.2, 0.25) is 0 Å². The molecule has 0 unspecified atom stereocenters. The van der Waals surface area contributed by atoms with Crippen LogP contribution in [0.15, 0.2) is 30.5 Å². The zero-order chi connectivity index (χ0) is 22.8. The number of aromatic nitrogens is 4. The van der Waals surface area contributed by atoms with Crippen molar-refractivity contribution >= 4 is 22.7 Å². The van der Waals surface area contributed by atoms with Crippen molar-refractivity contribution in [1.29, 1.82) is 0 Å². The normalized spacial score (nSPS) is 19.7. The van der Waals surface area contributed by atoms with E-state index < -0.39 is 6.04 Å². The van der Waals surface area contributed by atoms with Crippen molar-refractivity contribution in [3.8, 4) is 0 Å². The maximum absolute atomic E-state index is 13.6. The highest BCUT2D eigenvalue weighted by Crippen LogP contribution is 2.29. The van der Waals surface area contributed by atoms with Crippen LogP contribution in [-0.4, -0.2) is 55.6 Å². The summed E-state index contributed by atoms with van der Waals surface area (Å²) in [7, 11) is 0. The molecule has 0 aliphatic carbocycles. The first-order valence-corrected chi connectivity index (χ1v) is 12.1. The van der Waals surface area contributed by atoms with E-state index >= 15 is 0 Å². The number of amides is 2. The number of aromatic amines is 1. The fourth-order valence-corrected chi connectivity index (χ4v) is 5.38. The average molecular weight is 449 g/mol. The Bertz CT molecular complexity index is 1150. The van der Waals surface area contributed by atoms with E-state index in [0.717, 1.165) is 60.3 Å². The van der Waals surface area contributed by atoms with Crippen LogP contribution in [0, 0.1) is 0 Å². The average Bonchev–Trinajstić information content (AvgIpc) is 3.34. The lowest BCUT2D eigenvalue weighted by molar-refractivity contribution is -0.137. The second-order valence-corrected chi connectivity index (χ2v) is 9.38. The molecule has 2 N–H and O–H groups in total. The maximum atomic E-state index is 13.6. The Balaban J connectivity index is 1.34. The Morgan fingerprint density at radius 2 is 2.03 bits per heavy atom. The van der Waals surface area contributed by atoms with Crippen LogP contribution in [0.1, 0.15) is 62.2 Å². The van der Waals surface area contributed by atoms with Gasteiger partial charge in [-0.1, -0.05) is 24.6 Å². The van der Waals surface area contributed by atoms with Gasteiger partial charge < -0.3 is 19.8 Å². The van der Waals surface area contributed by atoms with E-state index in [1.807, 2.05) is 35.4 Å². The number of H-pyrrole nitrogens is 1. The van der Waals surface area contributed by atoms with E-state index in [-0.39, 0.29) is 17.7 Å². The van der Waals surface area contributed by atoms with Gasteiger partial charge >= 0.3 is 0 Å². The number of para-hydroxylation sites is 1. The zero-order valence-electron chi connectivity index (χ0n) is 19.2. The Morgan fingerprint density at radius 3 is 2.91 bits per heavy atom. The minimum atomic E-state index is -0.587. The molecule has 2 amide bonds. The Hall–Kier alpha value is -3.16. The van der Waals surface area contributed by atoms with Gasteiger partial charge in [0.05, 0.1) is 0 Å². The topological polar surface area (TPSA) is 95.9 Å². The predicted octanol–water partition coefficient (Wildman–Crippen LogP) is 2.94. The van der Waals surface area contributed by atoms with Gasteiger partial charge in [-0.15, -0.1) is 10.2 Å². The lowest BCUT2D eigenvalue weighted by atomic mass is 9.95. The second-order valence-electron chi connectivity index (χ2n) is 9.38. The molecule has 2 atom stereocenters. The van der Waals surface area contributed by atoms with Crippen molar-refractivity contribution in [3.63, 3.8) is 0 Å². The number of likely N-dealkylation sites (tertiary alicyclic amines) is 1. The van der Waals surface area contributed by atoms with E-state index in [2.05, 4.69) is 25.1 Å². The predicted molar refractivity (Wildman–Crippen MR) is 126 cm³/mol. The van der Waals surface area contributed by atoms with Crippen LogP contribution >= 0.6 is 0 Å². The largest absolute Gasteiger partial charge is 0.361 e. The minimum absolute atomic E-state index is 0.0178. The van der Waals surface area contributed by atoms with Crippen molar-refractivity contribution in [1.82, 2.24) is 30.0 Å². The summed E-state index contributed by atoms with van der Waals surface area (Å²) in [6.07, 6.45) is 8.87. The van der Waals surface area contributed by atoms with Gasteiger partial charge in [0.1, 0.15) is 17.7 Å². The van der Waals surface area contributed by atoms with Gasteiger partial charge in [0, 0.05) is 62.4 Å². The molecule has 1 fully saturated rings. The van der Waals surface area contributed by atoms with Gasteiger partial charge in [0.25, 0.3) is 0 Å². The third-order valence-electron chi connectivity index (χ3n) is 7.01. The van der Waals surface area contributed by atoms with Crippen molar-refractivity contribution in [2.45, 2.75) is 70.4 Å². The van der Waals surface area contributed by atoms with Gasteiger partial charge in [-0.25, -0.2) is 0 Å². The SMILES string of the molecule is CC(=O)N[C@@H](Cc1c[nH]c2ccccc12)C(=O)N1CCC[C@@H](c2nnc3n2CCCCC3)C1. The standard InChI is InChI=1S/C25H32N6O2/c1-17(32)27-22(14-19-15-26-21-10-5-4-9-20(19)21)25(33)30-12-7-8-18(16-30)24-29-28-23-11-3-2-6-13-31(23)24/h4-5,9-10,15,18,22,26H,2-3,6-8,11-14,16H2,1H3,(H,27,32)/t18-,22+/m1/s1. The van der Waals surface area contributed by atoms with Crippen molar-refractivity contribution in [2.75, 3.05) is 13.1 Å². The molecule has 2 aliphatic rings. The molecule has 1 aromatic carbocycles. The number of carbonyl (C=O) groups is 2. The van der Waals surface area contributed by atoms with Gasteiger partial charge in [-0.3, -0.25) is 9.59 Å². The molecule has 1 saturated heterocycles. The lowest BCUT2D eigenvalue weighted by Crippen LogP contribution is -2.51.